The maximum atomic E-state index is 5.45. The van der Waals surface area contributed by atoms with E-state index < -0.39 is 0 Å². The second-order valence-corrected chi connectivity index (χ2v) is 4.09. The summed E-state index contributed by atoms with van der Waals surface area (Å²) in [5, 5.41) is 14.4. The molecule has 0 radical (unpaired) electrons. The maximum Gasteiger partial charge on any atom is 0.186 e. The van der Waals surface area contributed by atoms with Crippen LogP contribution < -0.4 is 21.5 Å². The van der Waals surface area contributed by atoms with Gasteiger partial charge in [-0.15, -0.1) is 0 Å². The molecule has 0 saturated carbocycles. The Morgan fingerprint density at radius 1 is 1.21 bits per heavy atom. The molecule has 0 heterocycles. The van der Waals surface area contributed by atoms with Crippen LogP contribution in [0.1, 0.15) is 13.8 Å². The molecular weight excluding hydrogens is 284 g/mol. The summed E-state index contributed by atoms with van der Waals surface area (Å²) in [5.41, 5.74) is 5.91. The molecule has 0 saturated heterocycles. The van der Waals surface area contributed by atoms with Gasteiger partial charge in [0.05, 0.1) is 6.21 Å². The van der Waals surface area contributed by atoms with Crippen LogP contribution in [-0.2, 0) is 4.74 Å². The molecule has 7 nitrogen and oxygen atoms in total. The standard InChI is InChI=1S/C10H20N6OS2/c1-5-17-7(2)8(14-16-10(19)12-4)6-13-15-9(18)11-3/h6-7H,5H2,1-4H3,(H2,11,15,18)(H2,12,16,19)/b13-6+,14-8-. The first-order valence-electron chi connectivity index (χ1n) is 5.72. The fourth-order valence-corrected chi connectivity index (χ4v) is 1.04. The first-order chi connectivity index (χ1) is 9.04. The minimum absolute atomic E-state index is 0.217. The normalized spacial score (nSPS) is 12.9. The molecule has 19 heavy (non-hydrogen) atoms. The predicted octanol–water partition coefficient (Wildman–Crippen LogP) is -0.0590. The Hall–Kier alpha value is -1.32. The Kier molecular flexibility index (Phi) is 9.85. The third-order valence-corrected chi connectivity index (χ3v) is 2.53. The van der Waals surface area contributed by atoms with Gasteiger partial charge >= 0.3 is 0 Å². The van der Waals surface area contributed by atoms with E-state index in [-0.39, 0.29) is 6.10 Å². The van der Waals surface area contributed by atoms with E-state index in [1.165, 1.54) is 6.21 Å². The van der Waals surface area contributed by atoms with Gasteiger partial charge in [-0.3, -0.25) is 10.9 Å². The molecular formula is C10H20N6OS2. The number of ether oxygens (including phenoxy) is 1. The molecule has 0 aliphatic carbocycles. The molecule has 0 aromatic carbocycles. The van der Waals surface area contributed by atoms with Crippen LogP contribution in [0.2, 0.25) is 0 Å². The summed E-state index contributed by atoms with van der Waals surface area (Å²) in [5.74, 6) is 0. The zero-order valence-corrected chi connectivity index (χ0v) is 13.1. The summed E-state index contributed by atoms with van der Waals surface area (Å²) in [7, 11) is 3.41. The SMILES string of the molecule is CCOC(C)C(/C=N/NC(=S)NC)=N\NC(=S)NC. The highest BCUT2D eigenvalue weighted by atomic mass is 32.1. The Labute approximate surface area is 124 Å². The van der Waals surface area contributed by atoms with Gasteiger partial charge in [-0.1, -0.05) is 0 Å². The van der Waals surface area contributed by atoms with Crippen molar-refractivity contribution >= 4 is 46.6 Å². The average molecular weight is 304 g/mol. The lowest BCUT2D eigenvalue weighted by molar-refractivity contribution is 0.123. The molecule has 0 aliphatic rings. The molecule has 9 heteroatoms. The van der Waals surface area contributed by atoms with Crippen molar-refractivity contribution in [2.75, 3.05) is 20.7 Å². The third kappa shape index (κ3) is 8.41. The lowest BCUT2D eigenvalue weighted by Gasteiger charge is -2.12. The first-order valence-corrected chi connectivity index (χ1v) is 6.54. The van der Waals surface area contributed by atoms with Crippen LogP contribution in [0.15, 0.2) is 10.2 Å². The van der Waals surface area contributed by atoms with Crippen LogP contribution in [0.4, 0.5) is 0 Å². The molecule has 0 aromatic rings. The van der Waals surface area contributed by atoms with Gasteiger partial charge in [-0.25, -0.2) is 0 Å². The topological polar surface area (TPSA) is 82.1 Å². The molecule has 0 aliphatic heterocycles. The molecule has 0 amide bonds. The summed E-state index contributed by atoms with van der Waals surface area (Å²) in [4.78, 5) is 0. The van der Waals surface area contributed by atoms with Crippen LogP contribution in [0.5, 0.6) is 0 Å². The van der Waals surface area contributed by atoms with E-state index in [9.17, 15) is 0 Å². The van der Waals surface area contributed by atoms with Crippen molar-refractivity contribution in [3.63, 3.8) is 0 Å². The molecule has 1 atom stereocenters. The number of thiocarbonyl (C=S) groups is 2. The second kappa shape index (κ2) is 10.6. The van der Waals surface area contributed by atoms with E-state index in [1.54, 1.807) is 14.1 Å². The van der Waals surface area contributed by atoms with Gasteiger partial charge < -0.3 is 15.4 Å². The van der Waals surface area contributed by atoms with Crippen molar-refractivity contribution in [1.29, 1.82) is 0 Å². The van der Waals surface area contributed by atoms with E-state index in [0.29, 0.717) is 22.5 Å². The largest absolute Gasteiger partial charge is 0.372 e. The highest BCUT2D eigenvalue weighted by molar-refractivity contribution is 7.80. The van der Waals surface area contributed by atoms with E-state index in [2.05, 4.69) is 31.7 Å². The number of hydrogen-bond donors (Lipinski definition) is 4. The van der Waals surface area contributed by atoms with Gasteiger partial charge in [0.1, 0.15) is 11.8 Å². The van der Waals surface area contributed by atoms with Crippen LogP contribution >= 0.6 is 24.4 Å². The first kappa shape index (κ1) is 17.7. The van der Waals surface area contributed by atoms with Crippen molar-refractivity contribution in [2.24, 2.45) is 10.2 Å². The van der Waals surface area contributed by atoms with E-state index in [0.717, 1.165) is 0 Å². The van der Waals surface area contributed by atoms with Crippen molar-refractivity contribution in [3.8, 4) is 0 Å². The molecule has 108 valence electrons. The number of hydrogen-bond acceptors (Lipinski definition) is 5. The molecule has 1 unspecified atom stereocenters. The molecule has 0 fully saturated rings. The summed E-state index contributed by atoms with van der Waals surface area (Å²) in [6.45, 7) is 4.35. The average Bonchev–Trinajstić information content (AvgIpc) is 2.41. The van der Waals surface area contributed by atoms with Crippen molar-refractivity contribution < 1.29 is 4.74 Å². The molecule has 0 spiro atoms. The quantitative estimate of drug-likeness (QED) is 0.311. The lowest BCUT2D eigenvalue weighted by Crippen LogP contribution is -2.33. The third-order valence-electron chi connectivity index (χ3n) is 1.94. The van der Waals surface area contributed by atoms with E-state index in [1.807, 2.05) is 13.8 Å². The smallest absolute Gasteiger partial charge is 0.186 e. The van der Waals surface area contributed by atoms with Gasteiger partial charge in [0.15, 0.2) is 10.2 Å². The summed E-state index contributed by atoms with van der Waals surface area (Å²) < 4.78 is 5.45. The number of nitrogens with zero attached hydrogens (tertiary/aromatic N) is 2. The second-order valence-electron chi connectivity index (χ2n) is 3.27. The van der Waals surface area contributed by atoms with Crippen LogP contribution in [-0.4, -0.2) is 49.0 Å². The fourth-order valence-electron chi connectivity index (χ4n) is 0.944. The maximum absolute atomic E-state index is 5.45. The Morgan fingerprint density at radius 3 is 2.32 bits per heavy atom. The molecule has 0 bridgehead atoms. The van der Waals surface area contributed by atoms with Crippen molar-refractivity contribution in [3.05, 3.63) is 0 Å². The Bertz CT molecular complexity index is 358. The zero-order valence-electron chi connectivity index (χ0n) is 11.5. The van der Waals surface area contributed by atoms with Crippen LogP contribution in [0, 0.1) is 0 Å². The number of rotatable bonds is 6. The lowest BCUT2D eigenvalue weighted by atomic mass is 10.2. The number of hydrazone groups is 2. The fraction of sp³-hybridized carbons (Fsp3) is 0.600. The highest BCUT2D eigenvalue weighted by Gasteiger charge is 2.08. The van der Waals surface area contributed by atoms with Gasteiger partial charge in [0.25, 0.3) is 0 Å². The predicted molar refractivity (Wildman–Crippen MR) is 86.6 cm³/mol. The highest BCUT2D eigenvalue weighted by Crippen LogP contribution is 1.93. The minimum Gasteiger partial charge on any atom is -0.372 e. The summed E-state index contributed by atoms with van der Waals surface area (Å²) in [6, 6.07) is 0. The molecule has 0 aromatic heterocycles. The van der Waals surface area contributed by atoms with Gasteiger partial charge in [-0.2, -0.15) is 10.2 Å². The van der Waals surface area contributed by atoms with Crippen LogP contribution in [0.25, 0.3) is 0 Å². The van der Waals surface area contributed by atoms with E-state index >= 15 is 0 Å². The van der Waals surface area contributed by atoms with Gasteiger partial charge in [-0.05, 0) is 38.3 Å². The Morgan fingerprint density at radius 2 is 1.79 bits per heavy atom. The van der Waals surface area contributed by atoms with Crippen molar-refractivity contribution in [2.45, 2.75) is 20.0 Å². The molecule has 0 rings (SSSR count). The molecule has 4 N–H and O–H groups in total. The Balaban J connectivity index is 4.66. The van der Waals surface area contributed by atoms with Gasteiger partial charge in [0.2, 0.25) is 0 Å². The summed E-state index contributed by atoms with van der Waals surface area (Å²) >= 11 is 9.83. The minimum atomic E-state index is -0.217. The van der Waals surface area contributed by atoms with Crippen LogP contribution in [0.3, 0.4) is 0 Å². The number of nitrogens with one attached hydrogen (secondary N) is 4. The summed E-state index contributed by atoms with van der Waals surface area (Å²) in [6.07, 6.45) is 1.31. The monoisotopic (exact) mass is 304 g/mol. The zero-order chi connectivity index (χ0) is 14.7. The van der Waals surface area contributed by atoms with E-state index in [4.69, 9.17) is 29.2 Å². The van der Waals surface area contributed by atoms with Gasteiger partial charge in [0, 0.05) is 20.7 Å². The van der Waals surface area contributed by atoms with Crippen molar-refractivity contribution in [1.82, 2.24) is 21.5 Å².